The summed E-state index contributed by atoms with van der Waals surface area (Å²) in [6, 6.07) is 0. The summed E-state index contributed by atoms with van der Waals surface area (Å²) < 4.78 is 2.13. The van der Waals surface area contributed by atoms with Crippen LogP contribution in [0.3, 0.4) is 0 Å². The molecule has 2 aliphatic rings. The maximum absolute atomic E-state index is 12.2. The number of aryl methyl sites for hydroxylation is 2. The van der Waals surface area contributed by atoms with Crippen molar-refractivity contribution in [3.8, 4) is 0 Å². The van der Waals surface area contributed by atoms with Crippen LogP contribution in [0, 0.1) is 0 Å². The van der Waals surface area contributed by atoms with Crippen molar-refractivity contribution in [1.29, 1.82) is 0 Å². The number of halogens is 1. The third-order valence-corrected chi connectivity index (χ3v) is 4.86. The molecule has 1 aliphatic carbocycles. The topological polar surface area (TPSA) is 38.1 Å². The lowest BCUT2D eigenvalue weighted by Crippen LogP contribution is -2.32. The summed E-state index contributed by atoms with van der Waals surface area (Å²) in [5.41, 5.74) is 2.54. The smallest absolute Gasteiger partial charge is 0.240 e. The Morgan fingerprint density at radius 1 is 1.35 bits per heavy atom. The lowest BCUT2D eigenvalue weighted by Gasteiger charge is -2.20. The van der Waals surface area contributed by atoms with Gasteiger partial charge in [0.1, 0.15) is 5.82 Å². The minimum Gasteiger partial charge on any atom is -0.299 e. The highest BCUT2D eigenvalue weighted by Gasteiger charge is 2.31. The number of anilines is 1. The molecule has 5 heteroatoms. The number of carbonyl (C=O) groups excluding carboxylic acids is 1. The first kappa shape index (κ1) is 11.5. The van der Waals surface area contributed by atoms with Gasteiger partial charge in [-0.2, -0.15) is 5.10 Å². The average Bonchev–Trinajstić information content (AvgIpc) is 2.67. The second-order valence-corrected chi connectivity index (χ2v) is 6.34. The maximum Gasteiger partial charge on any atom is 0.240 e. The number of alkyl halides is 1. The van der Waals surface area contributed by atoms with Gasteiger partial charge in [0.25, 0.3) is 0 Å². The standard InChI is InChI=1S/C12H16IN3O/c1-15-11-8-4-2-3-5-10(8)14-16(11)7-6-9(13)12(15)17/h9H,2-7H2,1H3. The van der Waals surface area contributed by atoms with Gasteiger partial charge in [-0.25, -0.2) is 4.68 Å². The largest absolute Gasteiger partial charge is 0.299 e. The Morgan fingerprint density at radius 3 is 2.94 bits per heavy atom. The highest BCUT2D eigenvalue weighted by Crippen LogP contribution is 2.33. The minimum atomic E-state index is 0.0820. The Balaban J connectivity index is 2.09. The van der Waals surface area contributed by atoms with E-state index in [0.29, 0.717) is 0 Å². The van der Waals surface area contributed by atoms with Gasteiger partial charge in [-0.3, -0.25) is 9.69 Å². The van der Waals surface area contributed by atoms with E-state index in [0.717, 1.165) is 31.6 Å². The first-order valence-electron chi connectivity index (χ1n) is 6.18. The minimum absolute atomic E-state index is 0.0820. The highest BCUT2D eigenvalue weighted by molar-refractivity contribution is 14.1. The molecular weight excluding hydrogens is 329 g/mol. The van der Waals surface area contributed by atoms with Crippen molar-refractivity contribution in [2.75, 3.05) is 11.9 Å². The van der Waals surface area contributed by atoms with Gasteiger partial charge in [0.05, 0.1) is 9.62 Å². The van der Waals surface area contributed by atoms with E-state index >= 15 is 0 Å². The van der Waals surface area contributed by atoms with Gasteiger partial charge in [-0.15, -0.1) is 0 Å². The zero-order valence-electron chi connectivity index (χ0n) is 9.95. The lowest BCUT2D eigenvalue weighted by molar-refractivity contribution is -0.117. The van der Waals surface area contributed by atoms with E-state index in [2.05, 4.69) is 22.6 Å². The van der Waals surface area contributed by atoms with Gasteiger partial charge >= 0.3 is 0 Å². The van der Waals surface area contributed by atoms with Crippen LogP contribution in [0.15, 0.2) is 0 Å². The molecule has 0 saturated heterocycles. The van der Waals surface area contributed by atoms with Gasteiger partial charge in [-0.1, -0.05) is 22.6 Å². The number of rotatable bonds is 0. The Morgan fingerprint density at radius 2 is 2.12 bits per heavy atom. The van der Waals surface area contributed by atoms with Crippen molar-refractivity contribution in [2.24, 2.45) is 0 Å². The number of nitrogens with zero attached hydrogens (tertiary/aromatic N) is 3. The molecule has 1 unspecified atom stereocenters. The van der Waals surface area contributed by atoms with Crippen LogP contribution in [0.4, 0.5) is 5.82 Å². The van der Waals surface area contributed by atoms with Gasteiger partial charge in [0.2, 0.25) is 5.91 Å². The lowest BCUT2D eigenvalue weighted by atomic mass is 9.97. The van der Waals surface area contributed by atoms with E-state index in [1.54, 1.807) is 0 Å². The van der Waals surface area contributed by atoms with Crippen LogP contribution in [0.25, 0.3) is 0 Å². The zero-order chi connectivity index (χ0) is 12.0. The second-order valence-electron chi connectivity index (χ2n) is 4.83. The van der Waals surface area contributed by atoms with E-state index in [9.17, 15) is 4.79 Å². The summed E-state index contributed by atoms with van der Waals surface area (Å²) in [5.74, 6) is 1.28. The fourth-order valence-corrected chi connectivity index (χ4v) is 3.49. The predicted molar refractivity (Wildman–Crippen MR) is 74.7 cm³/mol. The number of fused-ring (bicyclic) bond motifs is 3. The van der Waals surface area contributed by atoms with E-state index < -0.39 is 0 Å². The molecule has 2 heterocycles. The molecule has 0 N–H and O–H groups in total. The third kappa shape index (κ3) is 1.78. The van der Waals surface area contributed by atoms with Crippen LogP contribution in [0.1, 0.15) is 30.5 Å². The van der Waals surface area contributed by atoms with Crippen molar-refractivity contribution in [3.05, 3.63) is 11.3 Å². The number of aromatic nitrogens is 2. The average molecular weight is 345 g/mol. The van der Waals surface area contributed by atoms with E-state index in [-0.39, 0.29) is 9.83 Å². The molecule has 1 amide bonds. The molecule has 0 aromatic carbocycles. The van der Waals surface area contributed by atoms with Crippen LogP contribution >= 0.6 is 22.6 Å². The van der Waals surface area contributed by atoms with Crippen molar-refractivity contribution in [3.63, 3.8) is 0 Å². The number of carbonyl (C=O) groups is 1. The molecule has 4 nitrogen and oxygen atoms in total. The molecule has 17 heavy (non-hydrogen) atoms. The molecule has 1 aliphatic heterocycles. The molecule has 0 saturated carbocycles. The van der Waals surface area contributed by atoms with E-state index in [1.807, 2.05) is 16.6 Å². The summed E-state index contributed by atoms with van der Waals surface area (Å²) in [6.07, 6.45) is 5.49. The molecule has 0 bridgehead atoms. The van der Waals surface area contributed by atoms with Gasteiger partial charge < -0.3 is 0 Å². The van der Waals surface area contributed by atoms with Crippen molar-refractivity contribution < 1.29 is 4.79 Å². The monoisotopic (exact) mass is 345 g/mol. The van der Waals surface area contributed by atoms with Crippen LogP contribution in [0.5, 0.6) is 0 Å². The van der Waals surface area contributed by atoms with Crippen LogP contribution < -0.4 is 4.90 Å². The number of hydrogen-bond acceptors (Lipinski definition) is 2. The molecule has 3 rings (SSSR count). The fourth-order valence-electron chi connectivity index (χ4n) is 2.79. The zero-order valence-corrected chi connectivity index (χ0v) is 12.1. The molecule has 1 atom stereocenters. The fraction of sp³-hybridized carbons (Fsp3) is 0.667. The number of amides is 1. The van der Waals surface area contributed by atoms with Crippen molar-refractivity contribution in [1.82, 2.24) is 9.78 Å². The first-order valence-corrected chi connectivity index (χ1v) is 7.43. The van der Waals surface area contributed by atoms with Crippen LogP contribution in [0.2, 0.25) is 0 Å². The summed E-state index contributed by atoms with van der Waals surface area (Å²) in [4.78, 5) is 14.0. The van der Waals surface area contributed by atoms with Gasteiger partial charge in [-0.05, 0) is 32.1 Å². The molecule has 0 spiro atoms. The normalized spacial score (nSPS) is 24.2. The molecule has 0 radical (unpaired) electrons. The SMILES string of the molecule is CN1C(=O)C(I)CCn2nc3c(c21)CCCC3. The quantitative estimate of drug-likeness (QED) is 0.532. The molecule has 92 valence electrons. The summed E-state index contributed by atoms with van der Waals surface area (Å²) in [5, 5.41) is 4.69. The molecule has 1 aromatic heterocycles. The van der Waals surface area contributed by atoms with E-state index in [4.69, 9.17) is 5.10 Å². The number of hydrogen-bond donors (Lipinski definition) is 0. The Bertz CT molecular complexity index is 469. The summed E-state index contributed by atoms with van der Waals surface area (Å²) in [7, 11) is 1.89. The second kappa shape index (κ2) is 4.26. The maximum atomic E-state index is 12.2. The predicted octanol–water partition coefficient (Wildman–Crippen LogP) is 1.93. The van der Waals surface area contributed by atoms with E-state index in [1.165, 1.54) is 24.1 Å². The van der Waals surface area contributed by atoms with Crippen LogP contribution in [-0.2, 0) is 24.2 Å². The molecule has 1 aromatic rings. The molecule has 0 fully saturated rings. The Kier molecular flexibility index (Phi) is 2.88. The van der Waals surface area contributed by atoms with Crippen LogP contribution in [-0.4, -0.2) is 26.7 Å². The van der Waals surface area contributed by atoms with Crippen molar-refractivity contribution in [2.45, 2.75) is 42.6 Å². The highest BCUT2D eigenvalue weighted by atomic mass is 127. The van der Waals surface area contributed by atoms with Crippen molar-refractivity contribution >= 4 is 34.3 Å². The molecular formula is C12H16IN3O. The first-order chi connectivity index (χ1) is 8.18. The summed E-state index contributed by atoms with van der Waals surface area (Å²) >= 11 is 2.24. The van der Waals surface area contributed by atoms with Gasteiger partial charge in [0, 0.05) is 19.2 Å². The summed E-state index contributed by atoms with van der Waals surface area (Å²) in [6.45, 7) is 0.867. The third-order valence-electron chi connectivity index (χ3n) is 3.71. The van der Waals surface area contributed by atoms with Gasteiger partial charge in [0.15, 0.2) is 0 Å². The Hall–Kier alpha value is -0.590. The Labute approximate surface area is 114 Å².